The summed E-state index contributed by atoms with van der Waals surface area (Å²) < 4.78 is 0. The van der Waals surface area contributed by atoms with Gasteiger partial charge >= 0.3 is 0 Å². The Morgan fingerprint density at radius 3 is 3.12 bits per heavy atom. The lowest BCUT2D eigenvalue weighted by atomic mass is 9.88. The molecule has 3 rings (SSSR count). The molecule has 3 heteroatoms. The van der Waals surface area contributed by atoms with E-state index in [1.54, 1.807) is 0 Å². The van der Waals surface area contributed by atoms with E-state index >= 15 is 0 Å². The second-order valence-electron chi connectivity index (χ2n) is 5.34. The Hall–Kier alpha value is -1.25. The standard InChI is InChI=1S/C13H19N3/c1-9-7-15-16-10(2)12(9)6-13-3-4-14-8-11(13)5-13/h3-4,11,14-15H,5-8H2,1-2H3/t11-,13?/m0/s1. The van der Waals surface area contributed by atoms with Gasteiger partial charge in [-0.1, -0.05) is 6.08 Å². The molecular weight excluding hydrogens is 198 g/mol. The van der Waals surface area contributed by atoms with Crippen LogP contribution in [0.1, 0.15) is 26.7 Å². The summed E-state index contributed by atoms with van der Waals surface area (Å²) in [4.78, 5) is 0. The third kappa shape index (κ3) is 1.46. The van der Waals surface area contributed by atoms with Crippen LogP contribution < -0.4 is 10.7 Å². The van der Waals surface area contributed by atoms with Crippen molar-refractivity contribution in [3.63, 3.8) is 0 Å². The van der Waals surface area contributed by atoms with Crippen molar-refractivity contribution in [1.82, 2.24) is 10.7 Å². The van der Waals surface area contributed by atoms with Gasteiger partial charge in [-0.15, -0.1) is 0 Å². The summed E-state index contributed by atoms with van der Waals surface area (Å²) in [5.74, 6) is 0.848. The average molecular weight is 217 g/mol. The fourth-order valence-electron chi connectivity index (χ4n) is 2.96. The molecule has 86 valence electrons. The molecule has 0 spiro atoms. The Morgan fingerprint density at radius 2 is 2.38 bits per heavy atom. The monoisotopic (exact) mass is 217 g/mol. The highest BCUT2D eigenvalue weighted by Crippen LogP contribution is 2.58. The maximum absolute atomic E-state index is 4.35. The molecular formula is C13H19N3. The summed E-state index contributed by atoms with van der Waals surface area (Å²) >= 11 is 0. The zero-order valence-electron chi connectivity index (χ0n) is 10.0. The lowest BCUT2D eigenvalue weighted by Crippen LogP contribution is -2.25. The summed E-state index contributed by atoms with van der Waals surface area (Å²) in [7, 11) is 0. The van der Waals surface area contributed by atoms with Crippen LogP contribution in [0.15, 0.2) is 28.5 Å². The van der Waals surface area contributed by atoms with Crippen molar-refractivity contribution >= 4 is 5.71 Å². The smallest absolute Gasteiger partial charge is 0.0604 e. The Labute approximate surface area is 96.7 Å². The number of rotatable bonds is 2. The fraction of sp³-hybridized carbons (Fsp3) is 0.615. The third-order valence-corrected chi connectivity index (χ3v) is 4.23. The first kappa shape index (κ1) is 9.94. The molecule has 2 aliphatic heterocycles. The predicted molar refractivity (Wildman–Crippen MR) is 66.1 cm³/mol. The largest absolute Gasteiger partial charge is 0.391 e. The Bertz CT molecular complexity index is 405. The number of hydrogen-bond acceptors (Lipinski definition) is 3. The second kappa shape index (κ2) is 3.37. The summed E-state index contributed by atoms with van der Waals surface area (Å²) in [6.45, 7) is 6.40. The predicted octanol–water partition coefficient (Wildman–Crippen LogP) is 1.80. The van der Waals surface area contributed by atoms with E-state index < -0.39 is 0 Å². The molecule has 1 aliphatic carbocycles. The zero-order chi connectivity index (χ0) is 11.2. The number of nitrogens with one attached hydrogen (secondary N) is 2. The van der Waals surface area contributed by atoms with Gasteiger partial charge in [0, 0.05) is 6.54 Å². The maximum atomic E-state index is 4.35. The molecule has 0 saturated heterocycles. The Morgan fingerprint density at radius 1 is 1.50 bits per heavy atom. The molecule has 2 atom stereocenters. The highest BCUT2D eigenvalue weighted by molar-refractivity contribution is 5.99. The van der Waals surface area contributed by atoms with Crippen molar-refractivity contribution in [2.75, 3.05) is 13.1 Å². The minimum absolute atomic E-state index is 0.454. The summed E-state index contributed by atoms with van der Waals surface area (Å²) in [6.07, 6.45) is 7.02. The fourth-order valence-corrected chi connectivity index (χ4v) is 2.96. The number of fused-ring (bicyclic) bond motifs is 1. The van der Waals surface area contributed by atoms with E-state index in [9.17, 15) is 0 Å². The number of allylic oxidation sites excluding steroid dienone is 2. The van der Waals surface area contributed by atoms with Crippen LogP contribution in [0.25, 0.3) is 0 Å². The van der Waals surface area contributed by atoms with Crippen LogP contribution in [0.2, 0.25) is 0 Å². The number of hydrogen-bond donors (Lipinski definition) is 2. The van der Waals surface area contributed by atoms with E-state index in [0.29, 0.717) is 5.41 Å². The number of hydrazone groups is 1. The molecule has 2 heterocycles. The minimum Gasteiger partial charge on any atom is -0.391 e. The molecule has 1 fully saturated rings. The number of nitrogens with zero attached hydrogens (tertiary/aromatic N) is 1. The van der Waals surface area contributed by atoms with Crippen LogP contribution in [0.5, 0.6) is 0 Å². The molecule has 0 aromatic carbocycles. The molecule has 0 aromatic heterocycles. The summed E-state index contributed by atoms with van der Waals surface area (Å²) in [5.41, 5.74) is 7.65. The summed E-state index contributed by atoms with van der Waals surface area (Å²) in [6, 6.07) is 0. The van der Waals surface area contributed by atoms with Crippen LogP contribution in [0.3, 0.4) is 0 Å². The third-order valence-electron chi connectivity index (χ3n) is 4.23. The van der Waals surface area contributed by atoms with Crippen molar-refractivity contribution < 1.29 is 0 Å². The van der Waals surface area contributed by atoms with Gasteiger partial charge in [-0.2, -0.15) is 5.10 Å². The van der Waals surface area contributed by atoms with E-state index in [1.807, 2.05) is 0 Å². The highest BCUT2D eigenvalue weighted by Gasteiger charge is 2.53. The normalized spacial score (nSPS) is 36.1. The molecule has 3 nitrogen and oxygen atoms in total. The SMILES string of the molecule is CC1=NNCC(C)=C1CC12C=CNC[C@@H]1C2. The van der Waals surface area contributed by atoms with Crippen molar-refractivity contribution in [3.05, 3.63) is 23.4 Å². The topological polar surface area (TPSA) is 36.4 Å². The molecule has 16 heavy (non-hydrogen) atoms. The average Bonchev–Trinajstić information content (AvgIpc) is 2.98. The van der Waals surface area contributed by atoms with Crippen molar-refractivity contribution in [2.24, 2.45) is 16.4 Å². The van der Waals surface area contributed by atoms with Crippen molar-refractivity contribution in [3.8, 4) is 0 Å². The van der Waals surface area contributed by atoms with Gasteiger partial charge in [-0.3, -0.25) is 0 Å². The molecule has 0 amide bonds. The van der Waals surface area contributed by atoms with E-state index in [-0.39, 0.29) is 0 Å². The Kier molecular flexibility index (Phi) is 2.09. The zero-order valence-corrected chi connectivity index (χ0v) is 10.0. The lowest BCUT2D eigenvalue weighted by Gasteiger charge is -2.23. The van der Waals surface area contributed by atoms with Gasteiger partial charge in [0.25, 0.3) is 0 Å². The van der Waals surface area contributed by atoms with E-state index in [1.165, 1.54) is 29.7 Å². The molecule has 1 unspecified atom stereocenters. The van der Waals surface area contributed by atoms with Crippen molar-refractivity contribution in [1.29, 1.82) is 0 Å². The van der Waals surface area contributed by atoms with Gasteiger partial charge in [0.2, 0.25) is 0 Å². The van der Waals surface area contributed by atoms with Gasteiger partial charge in [0.15, 0.2) is 0 Å². The van der Waals surface area contributed by atoms with Gasteiger partial charge in [-0.05, 0) is 55.4 Å². The van der Waals surface area contributed by atoms with Crippen LogP contribution >= 0.6 is 0 Å². The van der Waals surface area contributed by atoms with Gasteiger partial charge in [-0.25, -0.2) is 0 Å². The van der Waals surface area contributed by atoms with Crippen LogP contribution in [0.4, 0.5) is 0 Å². The molecule has 0 radical (unpaired) electrons. The van der Waals surface area contributed by atoms with Crippen LogP contribution in [-0.4, -0.2) is 18.8 Å². The lowest BCUT2D eigenvalue weighted by molar-refractivity contribution is 0.522. The first-order valence-corrected chi connectivity index (χ1v) is 6.08. The first-order valence-electron chi connectivity index (χ1n) is 6.08. The summed E-state index contributed by atoms with van der Waals surface area (Å²) in [5, 5.41) is 7.67. The van der Waals surface area contributed by atoms with Gasteiger partial charge < -0.3 is 10.7 Å². The van der Waals surface area contributed by atoms with Gasteiger partial charge in [0.1, 0.15) is 0 Å². The molecule has 0 aromatic rings. The first-order chi connectivity index (χ1) is 7.71. The molecule has 2 N–H and O–H groups in total. The van der Waals surface area contributed by atoms with E-state index in [0.717, 1.165) is 19.0 Å². The van der Waals surface area contributed by atoms with E-state index in [4.69, 9.17) is 0 Å². The minimum atomic E-state index is 0.454. The molecule has 0 bridgehead atoms. The quantitative estimate of drug-likeness (QED) is 0.740. The Balaban J connectivity index is 1.83. The van der Waals surface area contributed by atoms with Gasteiger partial charge in [0.05, 0.1) is 12.3 Å². The molecule has 3 aliphatic rings. The second-order valence-corrected chi connectivity index (χ2v) is 5.34. The molecule has 1 saturated carbocycles. The van der Waals surface area contributed by atoms with Crippen LogP contribution in [-0.2, 0) is 0 Å². The van der Waals surface area contributed by atoms with Crippen LogP contribution in [0, 0.1) is 11.3 Å². The maximum Gasteiger partial charge on any atom is 0.0604 e. The van der Waals surface area contributed by atoms with Crippen molar-refractivity contribution in [2.45, 2.75) is 26.7 Å². The highest BCUT2D eigenvalue weighted by atomic mass is 15.3. The van der Waals surface area contributed by atoms with E-state index in [2.05, 4.69) is 42.0 Å².